The quantitative estimate of drug-likeness (QED) is 0.661. The number of rotatable bonds is 5. The summed E-state index contributed by atoms with van der Waals surface area (Å²) in [5.41, 5.74) is 0.939. The molecule has 0 radical (unpaired) electrons. The summed E-state index contributed by atoms with van der Waals surface area (Å²) in [6.07, 6.45) is 2.97. The van der Waals surface area contributed by atoms with Crippen molar-refractivity contribution in [1.82, 2.24) is 9.88 Å². The van der Waals surface area contributed by atoms with Gasteiger partial charge in [-0.1, -0.05) is 6.07 Å². The predicted octanol–water partition coefficient (Wildman–Crippen LogP) is 2.08. The number of carbonyl (C=O) groups excluding carboxylic acids is 1. The molecule has 0 aliphatic rings. The van der Waals surface area contributed by atoms with Gasteiger partial charge in [0.05, 0.1) is 15.8 Å². The number of fused-ring (bicyclic) bond motifs is 1. The lowest BCUT2D eigenvalue weighted by Crippen LogP contribution is -2.17. The molecule has 0 aliphatic carbocycles. The topological polar surface area (TPSA) is 77.2 Å². The van der Waals surface area contributed by atoms with Crippen LogP contribution in [0.25, 0.3) is 10.9 Å². The third-order valence-corrected chi connectivity index (χ3v) is 3.07. The van der Waals surface area contributed by atoms with E-state index < -0.39 is 0 Å². The van der Waals surface area contributed by atoms with Crippen LogP contribution in [0.15, 0.2) is 30.5 Å². The summed E-state index contributed by atoms with van der Waals surface area (Å²) in [5, 5.41) is 14.1. The van der Waals surface area contributed by atoms with Gasteiger partial charge < -0.3 is 9.88 Å². The molecule has 1 aromatic carbocycles. The Labute approximate surface area is 110 Å². The molecule has 0 unspecified atom stereocenters. The molecule has 0 bridgehead atoms. The number of nitro benzene ring substituents is 1. The van der Waals surface area contributed by atoms with Gasteiger partial charge in [0.2, 0.25) is 5.91 Å². The minimum Gasteiger partial charge on any atom is -0.359 e. The van der Waals surface area contributed by atoms with Gasteiger partial charge in [0.1, 0.15) is 0 Å². The Balaban J connectivity index is 2.19. The molecule has 1 aromatic heterocycles. The second kappa shape index (κ2) is 5.51. The zero-order valence-electron chi connectivity index (χ0n) is 10.6. The summed E-state index contributed by atoms with van der Waals surface area (Å²) < 4.78 is 1.94. The fraction of sp³-hybridized carbons (Fsp3) is 0.308. The third-order valence-electron chi connectivity index (χ3n) is 3.07. The molecule has 0 saturated heterocycles. The van der Waals surface area contributed by atoms with Crippen LogP contribution in [0, 0.1) is 10.1 Å². The largest absolute Gasteiger partial charge is 0.359 e. The monoisotopic (exact) mass is 261 g/mol. The standard InChI is InChI=1S/C13H15N3O3/c1-14-13(17)6-3-8-15-9-7-10-11(15)4-2-5-12(10)16(18)19/h2,4-5,7,9H,3,6,8H2,1H3,(H,14,17). The van der Waals surface area contributed by atoms with E-state index in [0.29, 0.717) is 24.8 Å². The van der Waals surface area contributed by atoms with E-state index in [2.05, 4.69) is 5.32 Å². The molecule has 6 nitrogen and oxygen atoms in total. The minimum atomic E-state index is -0.378. The van der Waals surface area contributed by atoms with E-state index in [1.807, 2.05) is 16.8 Å². The predicted molar refractivity (Wildman–Crippen MR) is 71.9 cm³/mol. The molecular weight excluding hydrogens is 246 g/mol. The van der Waals surface area contributed by atoms with Crippen LogP contribution in [0.5, 0.6) is 0 Å². The molecular formula is C13H15N3O3. The maximum absolute atomic E-state index is 11.1. The number of amides is 1. The Kier molecular flexibility index (Phi) is 3.79. The number of aromatic nitrogens is 1. The van der Waals surface area contributed by atoms with E-state index in [-0.39, 0.29) is 16.5 Å². The lowest BCUT2D eigenvalue weighted by Gasteiger charge is -2.05. The summed E-state index contributed by atoms with van der Waals surface area (Å²) in [6.45, 7) is 0.665. The minimum absolute atomic E-state index is 0.00226. The summed E-state index contributed by atoms with van der Waals surface area (Å²) in [4.78, 5) is 21.7. The molecule has 0 aliphatic heterocycles. The second-order valence-corrected chi connectivity index (χ2v) is 4.25. The van der Waals surface area contributed by atoms with E-state index >= 15 is 0 Å². The number of carbonyl (C=O) groups is 1. The zero-order chi connectivity index (χ0) is 13.8. The molecule has 2 aromatic rings. The van der Waals surface area contributed by atoms with Gasteiger partial charge in [-0.3, -0.25) is 14.9 Å². The van der Waals surface area contributed by atoms with Crippen LogP contribution >= 0.6 is 0 Å². The number of nitrogens with zero attached hydrogens (tertiary/aromatic N) is 2. The van der Waals surface area contributed by atoms with Crippen molar-refractivity contribution in [3.8, 4) is 0 Å². The van der Waals surface area contributed by atoms with Gasteiger partial charge in [0, 0.05) is 32.3 Å². The molecule has 2 rings (SSSR count). The van der Waals surface area contributed by atoms with Crippen LogP contribution < -0.4 is 5.32 Å². The van der Waals surface area contributed by atoms with Crippen LogP contribution in [0.2, 0.25) is 0 Å². The number of hydrogen-bond acceptors (Lipinski definition) is 3. The van der Waals surface area contributed by atoms with Crippen LogP contribution in [0.3, 0.4) is 0 Å². The number of non-ortho nitro benzene ring substituents is 1. The van der Waals surface area contributed by atoms with Crippen molar-refractivity contribution in [2.24, 2.45) is 0 Å². The van der Waals surface area contributed by atoms with E-state index in [1.165, 1.54) is 6.07 Å². The lowest BCUT2D eigenvalue weighted by atomic mass is 10.2. The highest BCUT2D eigenvalue weighted by molar-refractivity contribution is 5.89. The summed E-state index contributed by atoms with van der Waals surface area (Å²) in [6, 6.07) is 6.77. The highest BCUT2D eigenvalue weighted by Gasteiger charge is 2.13. The van der Waals surface area contributed by atoms with Gasteiger partial charge >= 0.3 is 0 Å². The Morgan fingerprint density at radius 3 is 2.89 bits per heavy atom. The number of nitrogens with one attached hydrogen (secondary N) is 1. The average Bonchev–Trinajstić information content (AvgIpc) is 2.81. The number of aryl methyl sites for hydroxylation is 1. The second-order valence-electron chi connectivity index (χ2n) is 4.25. The van der Waals surface area contributed by atoms with Crippen molar-refractivity contribution in [3.63, 3.8) is 0 Å². The van der Waals surface area contributed by atoms with Crippen molar-refractivity contribution >= 4 is 22.5 Å². The fourth-order valence-electron chi connectivity index (χ4n) is 2.10. The molecule has 19 heavy (non-hydrogen) atoms. The first-order chi connectivity index (χ1) is 9.13. The van der Waals surface area contributed by atoms with E-state index in [1.54, 1.807) is 19.2 Å². The van der Waals surface area contributed by atoms with Crippen molar-refractivity contribution in [2.45, 2.75) is 19.4 Å². The first-order valence-electron chi connectivity index (χ1n) is 6.06. The van der Waals surface area contributed by atoms with E-state index in [9.17, 15) is 14.9 Å². The van der Waals surface area contributed by atoms with Crippen LogP contribution in [-0.2, 0) is 11.3 Å². The fourth-order valence-corrected chi connectivity index (χ4v) is 2.10. The average molecular weight is 261 g/mol. The van der Waals surface area contributed by atoms with Gasteiger partial charge in [0.25, 0.3) is 5.69 Å². The first-order valence-corrected chi connectivity index (χ1v) is 6.06. The third kappa shape index (κ3) is 2.73. The molecule has 1 amide bonds. The van der Waals surface area contributed by atoms with Crippen molar-refractivity contribution in [3.05, 3.63) is 40.6 Å². The van der Waals surface area contributed by atoms with E-state index in [0.717, 1.165) is 5.52 Å². The molecule has 0 atom stereocenters. The van der Waals surface area contributed by atoms with Gasteiger partial charge in [-0.2, -0.15) is 0 Å². The summed E-state index contributed by atoms with van der Waals surface area (Å²) >= 11 is 0. The SMILES string of the molecule is CNC(=O)CCCn1ccc2c([N+](=O)[O-])cccc21. The number of hydrogen-bond donors (Lipinski definition) is 1. The smallest absolute Gasteiger partial charge is 0.278 e. The van der Waals surface area contributed by atoms with Gasteiger partial charge in [0.15, 0.2) is 0 Å². The maximum Gasteiger partial charge on any atom is 0.278 e. The molecule has 6 heteroatoms. The molecule has 0 fully saturated rings. The molecule has 1 N–H and O–H groups in total. The van der Waals surface area contributed by atoms with Crippen LogP contribution in [-0.4, -0.2) is 22.4 Å². The molecule has 1 heterocycles. The van der Waals surface area contributed by atoms with Crippen molar-refractivity contribution in [2.75, 3.05) is 7.05 Å². The van der Waals surface area contributed by atoms with Gasteiger partial charge in [-0.15, -0.1) is 0 Å². The normalized spacial score (nSPS) is 10.6. The highest BCUT2D eigenvalue weighted by Crippen LogP contribution is 2.26. The van der Waals surface area contributed by atoms with E-state index in [4.69, 9.17) is 0 Å². The number of benzene rings is 1. The highest BCUT2D eigenvalue weighted by atomic mass is 16.6. The molecule has 0 spiro atoms. The Bertz CT molecular complexity index is 619. The first kappa shape index (κ1) is 13.1. The van der Waals surface area contributed by atoms with Crippen LogP contribution in [0.4, 0.5) is 5.69 Å². The Hall–Kier alpha value is -2.37. The van der Waals surface area contributed by atoms with Crippen LogP contribution in [0.1, 0.15) is 12.8 Å². The van der Waals surface area contributed by atoms with Crippen molar-refractivity contribution < 1.29 is 9.72 Å². The molecule has 0 saturated carbocycles. The molecule has 100 valence electrons. The van der Waals surface area contributed by atoms with Gasteiger partial charge in [-0.05, 0) is 18.6 Å². The maximum atomic E-state index is 11.1. The summed E-state index contributed by atoms with van der Waals surface area (Å²) in [5.74, 6) is 0.00226. The Morgan fingerprint density at radius 2 is 2.21 bits per heavy atom. The zero-order valence-corrected chi connectivity index (χ0v) is 10.6. The van der Waals surface area contributed by atoms with Gasteiger partial charge in [-0.25, -0.2) is 0 Å². The number of nitro groups is 1. The van der Waals surface area contributed by atoms with Crippen molar-refractivity contribution in [1.29, 1.82) is 0 Å². The lowest BCUT2D eigenvalue weighted by molar-refractivity contribution is -0.383. The summed E-state index contributed by atoms with van der Waals surface area (Å²) in [7, 11) is 1.61. The Morgan fingerprint density at radius 1 is 1.42 bits per heavy atom.